The molecular formula is C17H30IN3O2. The summed E-state index contributed by atoms with van der Waals surface area (Å²) in [6, 6.07) is 7.79. The van der Waals surface area contributed by atoms with Gasteiger partial charge in [-0.15, -0.1) is 24.0 Å². The lowest BCUT2D eigenvalue weighted by molar-refractivity contribution is 0.114. The zero-order valence-corrected chi connectivity index (χ0v) is 16.7. The third kappa shape index (κ3) is 10.4. The first kappa shape index (κ1) is 22.0. The van der Waals surface area contributed by atoms with Crippen LogP contribution in [0.25, 0.3) is 0 Å². The van der Waals surface area contributed by atoms with Crippen LogP contribution in [-0.2, 0) is 0 Å². The topological polar surface area (TPSA) is 65.9 Å². The SMILES string of the molecule is CCCCNC(=NCC(O)COc1cccc(C)c1)NCC.I. The number of aliphatic imine (C=N–C) groups is 1. The third-order valence-electron chi connectivity index (χ3n) is 3.06. The quantitative estimate of drug-likeness (QED) is 0.242. The average molecular weight is 435 g/mol. The van der Waals surface area contributed by atoms with Crippen LogP contribution < -0.4 is 15.4 Å². The zero-order valence-electron chi connectivity index (χ0n) is 14.3. The number of unbranched alkanes of at least 4 members (excludes halogenated alkanes) is 1. The number of nitrogens with one attached hydrogen (secondary N) is 2. The molecule has 0 radical (unpaired) electrons. The highest BCUT2D eigenvalue weighted by molar-refractivity contribution is 14.0. The smallest absolute Gasteiger partial charge is 0.191 e. The first-order chi connectivity index (χ1) is 10.7. The minimum absolute atomic E-state index is 0. The van der Waals surface area contributed by atoms with Crippen molar-refractivity contribution in [2.75, 3.05) is 26.2 Å². The lowest BCUT2D eigenvalue weighted by atomic mass is 10.2. The number of hydrogen-bond donors (Lipinski definition) is 3. The maximum Gasteiger partial charge on any atom is 0.191 e. The second-order valence-electron chi connectivity index (χ2n) is 5.28. The van der Waals surface area contributed by atoms with Crippen LogP contribution in [0.15, 0.2) is 29.3 Å². The van der Waals surface area contributed by atoms with Gasteiger partial charge in [-0.05, 0) is 38.0 Å². The Labute approximate surface area is 156 Å². The molecule has 0 saturated heterocycles. The fourth-order valence-electron chi connectivity index (χ4n) is 1.87. The van der Waals surface area contributed by atoms with Crippen molar-refractivity contribution in [3.05, 3.63) is 29.8 Å². The van der Waals surface area contributed by atoms with Crippen molar-refractivity contribution in [1.82, 2.24) is 10.6 Å². The van der Waals surface area contributed by atoms with E-state index in [9.17, 15) is 5.11 Å². The summed E-state index contributed by atoms with van der Waals surface area (Å²) in [7, 11) is 0. The van der Waals surface area contributed by atoms with Gasteiger partial charge in [0.25, 0.3) is 0 Å². The molecule has 1 aromatic rings. The van der Waals surface area contributed by atoms with E-state index in [0.717, 1.165) is 43.2 Å². The maximum atomic E-state index is 9.98. The number of guanidine groups is 1. The van der Waals surface area contributed by atoms with E-state index >= 15 is 0 Å². The van der Waals surface area contributed by atoms with E-state index in [1.165, 1.54) is 0 Å². The fraction of sp³-hybridized carbons (Fsp3) is 0.588. The first-order valence-electron chi connectivity index (χ1n) is 8.05. The van der Waals surface area contributed by atoms with Gasteiger partial charge in [-0.2, -0.15) is 0 Å². The van der Waals surface area contributed by atoms with Gasteiger partial charge in [-0.1, -0.05) is 25.5 Å². The van der Waals surface area contributed by atoms with Crippen molar-refractivity contribution in [3.63, 3.8) is 0 Å². The van der Waals surface area contributed by atoms with Crippen LogP contribution in [0.3, 0.4) is 0 Å². The van der Waals surface area contributed by atoms with Crippen molar-refractivity contribution in [2.24, 2.45) is 4.99 Å². The molecule has 1 atom stereocenters. The van der Waals surface area contributed by atoms with Crippen LogP contribution >= 0.6 is 24.0 Å². The molecule has 0 aliphatic rings. The summed E-state index contributed by atoms with van der Waals surface area (Å²) < 4.78 is 5.58. The van der Waals surface area contributed by atoms with Crippen molar-refractivity contribution >= 4 is 29.9 Å². The van der Waals surface area contributed by atoms with Crippen LogP contribution in [0.2, 0.25) is 0 Å². The lowest BCUT2D eigenvalue weighted by Crippen LogP contribution is -2.38. The molecule has 1 rings (SSSR count). The normalized spacial score (nSPS) is 12.3. The number of rotatable bonds is 9. The van der Waals surface area contributed by atoms with Gasteiger partial charge in [-0.25, -0.2) is 0 Å². The number of aliphatic hydroxyl groups excluding tert-OH is 1. The number of benzene rings is 1. The average Bonchev–Trinajstić information content (AvgIpc) is 2.51. The molecule has 0 amide bonds. The molecule has 6 heteroatoms. The Bertz CT molecular complexity index is 455. The highest BCUT2D eigenvalue weighted by Crippen LogP contribution is 2.12. The second kappa shape index (κ2) is 13.4. The fourth-order valence-corrected chi connectivity index (χ4v) is 1.87. The molecule has 5 nitrogen and oxygen atoms in total. The maximum absolute atomic E-state index is 9.98. The van der Waals surface area contributed by atoms with Gasteiger partial charge in [0.2, 0.25) is 0 Å². The van der Waals surface area contributed by atoms with Gasteiger partial charge in [0.05, 0.1) is 6.54 Å². The molecule has 1 aromatic carbocycles. The molecule has 23 heavy (non-hydrogen) atoms. The van der Waals surface area contributed by atoms with Gasteiger partial charge in [0.15, 0.2) is 5.96 Å². The van der Waals surface area contributed by atoms with Gasteiger partial charge in [0, 0.05) is 13.1 Å². The molecule has 0 spiro atoms. The summed E-state index contributed by atoms with van der Waals surface area (Å²) in [5, 5.41) is 16.4. The van der Waals surface area contributed by atoms with Crippen molar-refractivity contribution in [1.29, 1.82) is 0 Å². The number of aryl methyl sites for hydroxylation is 1. The van der Waals surface area contributed by atoms with E-state index in [0.29, 0.717) is 6.54 Å². The molecule has 0 fully saturated rings. The molecule has 1 unspecified atom stereocenters. The summed E-state index contributed by atoms with van der Waals surface area (Å²) in [6.07, 6.45) is 1.62. The Morgan fingerprint density at radius 3 is 2.74 bits per heavy atom. The third-order valence-corrected chi connectivity index (χ3v) is 3.06. The molecule has 0 aromatic heterocycles. The van der Waals surface area contributed by atoms with E-state index in [1.54, 1.807) is 0 Å². The predicted octanol–water partition coefficient (Wildman–Crippen LogP) is 2.71. The van der Waals surface area contributed by atoms with Crippen molar-refractivity contribution < 1.29 is 9.84 Å². The van der Waals surface area contributed by atoms with E-state index in [-0.39, 0.29) is 30.6 Å². The predicted molar refractivity (Wildman–Crippen MR) is 107 cm³/mol. The lowest BCUT2D eigenvalue weighted by Gasteiger charge is -2.13. The Balaban J connectivity index is 0.00000484. The molecule has 3 N–H and O–H groups in total. The van der Waals surface area contributed by atoms with Gasteiger partial charge < -0.3 is 20.5 Å². The van der Waals surface area contributed by atoms with Crippen molar-refractivity contribution in [3.8, 4) is 5.75 Å². The molecule has 0 bridgehead atoms. The monoisotopic (exact) mass is 435 g/mol. The standard InChI is InChI=1S/C17H29N3O2.HI/c1-4-6-10-19-17(18-5-2)20-12-15(21)13-22-16-9-7-8-14(3)11-16;/h7-9,11,15,21H,4-6,10,12-13H2,1-3H3,(H2,18,19,20);1H. The second-order valence-corrected chi connectivity index (χ2v) is 5.28. The summed E-state index contributed by atoms with van der Waals surface area (Å²) in [5.74, 6) is 1.52. The van der Waals surface area contributed by atoms with Gasteiger partial charge in [-0.3, -0.25) is 4.99 Å². The summed E-state index contributed by atoms with van der Waals surface area (Å²) in [5.41, 5.74) is 1.14. The summed E-state index contributed by atoms with van der Waals surface area (Å²) in [6.45, 7) is 8.42. The van der Waals surface area contributed by atoms with E-state index in [2.05, 4.69) is 22.5 Å². The highest BCUT2D eigenvalue weighted by atomic mass is 127. The number of hydrogen-bond acceptors (Lipinski definition) is 3. The molecule has 0 heterocycles. The first-order valence-corrected chi connectivity index (χ1v) is 8.05. The van der Waals surface area contributed by atoms with Crippen LogP contribution in [0.5, 0.6) is 5.75 Å². The van der Waals surface area contributed by atoms with E-state index in [4.69, 9.17) is 4.74 Å². The van der Waals surface area contributed by atoms with Crippen LogP contribution in [0.1, 0.15) is 32.3 Å². The van der Waals surface area contributed by atoms with Crippen molar-refractivity contribution in [2.45, 2.75) is 39.7 Å². The number of halogens is 1. The summed E-state index contributed by atoms with van der Waals surface area (Å²) >= 11 is 0. The van der Waals surface area contributed by atoms with Crippen LogP contribution in [0.4, 0.5) is 0 Å². The number of ether oxygens (including phenoxy) is 1. The largest absolute Gasteiger partial charge is 0.491 e. The molecular weight excluding hydrogens is 405 g/mol. The van der Waals surface area contributed by atoms with Crippen LogP contribution in [-0.4, -0.2) is 43.4 Å². The number of nitrogens with zero attached hydrogens (tertiary/aromatic N) is 1. The summed E-state index contributed by atoms with van der Waals surface area (Å²) in [4.78, 5) is 4.38. The van der Waals surface area contributed by atoms with Gasteiger partial charge >= 0.3 is 0 Å². The minimum atomic E-state index is -0.623. The zero-order chi connectivity index (χ0) is 16.2. The van der Waals surface area contributed by atoms with Crippen LogP contribution in [0, 0.1) is 6.92 Å². The minimum Gasteiger partial charge on any atom is -0.491 e. The molecule has 132 valence electrons. The van der Waals surface area contributed by atoms with E-state index < -0.39 is 6.10 Å². The van der Waals surface area contributed by atoms with Gasteiger partial charge in [0.1, 0.15) is 18.5 Å². The molecule has 0 saturated carbocycles. The Morgan fingerprint density at radius 2 is 2.09 bits per heavy atom. The Hall–Kier alpha value is -1.02. The molecule has 0 aliphatic carbocycles. The Kier molecular flexibility index (Phi) is 12.8. The number of aliphatic hydroxyl groups is 1. The van der Waals surface area contributed by atoms with E-state index in [1.807, 2.05) is 38.1 Å². The molecule has 0 aliphatic heterocycles. The Morgan fingerprint density at radius 1 is 1.30 bits per heavy atom. The highest BCUT2D eigenvalue weighted by Gasteiger charge is 2.06.